The van der Waals surface area contributed by atoms with Crippen LogP contribution in [0.1, 0.15) is 19.4 Å². The fraction of sp³-hybridized carbons (Fsp3) is 0.444. The Morgan fingerprint density at radius 3 is 2.14 bits per heavy atom. The number of aromatic nitrogens is 1. The van der Waals surface area contributed by atoms with Crippen molar-refractivity contribution in [3.05, 3.63) is 29.0 Å². The van der Waals surface area contributed by atoms with Crippen LogP contribution in [0.15, 0.2) is 18.3 Å². The third-order valence-corrected chi connectivity index (χ3v) is 2.06. The third-order valence-electron chi connectivity index (χ3n) is 1.84. The third kappa shape index (κ3) is 2.00. The summed E-state index contributed by atoms with van der Waals surface area (Å²) in [6.07, 6.45) is 0.879. The maximum atomic E-state index is 13.3. The van der Waals surface area contributed by atoms with Crippen LogP contribution >= 0.6 is 11.6 Å². The molecule has 1 aromatic heterocycles. The van der Waals surface area contributed by atoms with Crippen molar-refractivity contribution in [2.75, 3.05) is 0 Å². The lowest BCUT2D eigenvalue weighted by Gasteiger charge is -2.26. The smallest absolute Gasteiger partial charge is 0.244 e. The molecule has 0 spiro atoms. The molecule has 0 N–H and O–H groups in total. The van der Waals surface area contributed by atoms with E-state index in [0.717, 1.165) is 26.1 Å². The highest BCUT2D eigenvalue weighted by Gasteiger charge is 2.49. The minimum atomic E-state index is -3.56. The van der Waals surface area contributed by atoms with Crippen LogP contribution in [0, 0.1) is 0 Å². The van der Waals surface area contributed by atoms with Gasteiger partial charge in [0.25, 0.3) is 0 Å². The second-order valence-corrected chi connectivity index (χ2v) is 3.80. The molecule has 0 fully saturated rings. The normalized spacial score (nSPS) is 13.0. The molecule has 0 aromatic carbocycles. The molecule has 1 heterocycles. The molecular weight excluding hydrogens is 215 g/mol. The van der Waals surface area contributed by atoms with Gasteiger partial charge in [-0.15, -0.1) is 0 Å². The van der Waals surface area contributed by atoms with E-state index in [-0.39, 0.29) is 5.15 Å². The summed E-state index contributed by atoms with van der Waals surface area (Å²) in [5, 5.41) is 0.0983. The van der Waals surface area contributed by atoms with Crippen molar-refractivity contribution in [3.8, 4) is 0 Å². The molecule has 1 aromatic rings. The molecule has 0 unspecified atom stereocenters. The predicted molar refractivity (Wildman–Crippen MR) is 48.3 cm³/mol. The topological polar surface area (TPSA) is 12.9 Å². The van der Waals surface area contributed by atoms with Crippen LogP contribution in [0.5, 0.6) is 0 Å². The fourth-order valence-corrected chi connectivity index (χ4v) is 1.02. The number of hydrogen-bond acceptors (Lipinski definition) is 1. The van der Waals surface area contributed by atoms with Gasteiger partial charge in [-0.25, -0.2) is 9.37 Å². The molecule has 1 nitrogen and oxygen atoms in total. The summed E-state index contributed by atoms with van der Waals surface area (Å²) in [4.78, 5) is 3.48. The van der Waals surface area contributed by atoms with Crippen molar-refractivity contribution in [2.45, 2.75) is 25.4 Å². The Balaban J connectivity index is 3.10. The summed E-state index contributed by atoms with van der Waals surface area (Å²) >= 11 is 5.43. The second kappa shape index (κ2) is 3.42. The molecule has 1 rings (SSSR count). The molecule has 0 aliphatic heterocycles. The van der Waals surface area contributed by atoms with Gasteiger partial charge < -0.3 is 0 Å². The first kappa shape index (κ1) is 11.3. The lowest BCUT2D eigenvalue weighted by Crippen LogP contribution is -2.36. The largest absolute Gasteiger partial charge is 0.307 e. The van der Waals surface area contributed by atoms with Gasteiger partial charge in [-0.1, -0.05) is 11.6 Å². The Bertz CT molecular complexity index is 316. The average molecular weight is 224 g/mol. The summed E-state index contributed by atoms with van der Waals surface area (Å²) in [6.45, 7) is 1.64. The number of halogens is 4. The lowest BCUT2D eigenvalue weighted by molar-refractivity contribution is -0.127. The molecule has 0 aliphatic rings. The molecule has 0 saturated carbocycles. The zero-order valence-electron chi connectivity index (χ0n) is 7.69. The Hall–Kier alpha value is -0.770. The highest BCUT2D eigenvalue weighted by molar-refractivity contribution is 6.29. The molecule has 0 amide bonds. The zero-order valence-corrected chi connectivity index (χ0v) is 8.45. The number of alkyl halides is 3. The van der Waals surface area contributed by atoms with Gasteiger partial charge in [-0.05, 0) is 26.0 Å². The Morgan fingerprint density at radius 2 is 1.79 bits per heavy atom. The van der Waals surface area contributed by atoms with Crippen LogP contribution in [0.4, 0.5) is 13.2 Å². The highest BCUT2D eigenvalue weighted by Crippen LogP contribution is 2.40. The first-order chi connectivity index (χ1) is 6.25. The van der Waals surface area contributed by atoms with Gasteiger partial charge in [0.2, 0.25) is 0 Å². The monoisotopic (exact) mass is 223 g/mol. The molecule has 0 bridgehead atoms. The van der Waals surface area contributed by atoms with Crippen LogP contribution < -0.4 is 0 Å². The van der Waals surface area contributed by atoms with E-state index < -0.39 is 17.2 Å². The fourth-order valence-electron chi connectivity index (χ4n) is 0.905. The second-order valence-electron chi connectivity index (χ2n) is 3.42. The zero-order chi connectivity index (χ0) is 11.0. The molecule has 78 valence electrons. The van der Waals surface area contributed by atoms with Gasteiger partial charge in [-0.2, -0.15) is 8.78 Å². The van der Waals surface area contributed by atoms with Crippen molar-refractivity contribution in [1.29, 1.82) is 0 Å². The van der Waals surface area contributed by atoms with Crippen molar-refractivity contribution in [2.24, 2.45) is 0 Å². The van der Waals surface area contributed by atoms with Gasteiger partial charge in [0.15, 0.2) is 5.67 Å². The molecule has 0 radical (unpaired) electrons. The van der Waals surface area contributed by atoms with Crippen LogP contribution in [-0.4, -0.2) is 10.7 Å². The van der Waals surface area contributed by atoms with E-state index >= 15 is 0 Å². The SMILES string of the molecule is CC(C)(F)C(F)(F)c1ccc(Cl)nc1. The maximum absolute atomic E-state index is 13.3. The minimum absolute atomic E-state index is 0.0983. The van der Waals surface area contributed by atoms with Crippen LogP contribution in [0.2, 0.25) is 5.15 Å². The highest BCUT2D eigenvalue weighted by atomic mass is 35.5. The van der Waals surface area contributed by atoms with Crippen LogP contribution in [0.25, 0.3) is 0 Å². The number of hydrogen-bond donors (Lipinski definition) is 0. The maximum Gasteiger partial charge on any atom is 0.307 e. The number of nitrogens with zero attached hydrogens (tertiary/aromatic N) is 1. The molecule has 14 heavy (non-hydrogen) atoms. The standard InChI is InChI=1S/C9H9ClF3N/c1-8(2,11)9(12,13)6-3-4-7(10)14-5-6/h3-5H,1-2H3. The van der Waals surface area contributed by atoms with E-state index in [1.54, 1.807) is 0 Å². The Labute approximate surface area is 84.9 Å². The summed E-state index contributed by atoms with van der Waals surface area (Å²) in [5.74, 6) is -3.56. The van der Waals surface area contributed by atoms with Crippen LogP contribution in [-0.2, 0) is 5.92 Å². The van der Waals surface area contributed by atoms with Gasteiger partial charge >= 0.3 is 5.92 Å². The number of rotatable bonds is 2. The van der Waals surface area contributed by atoms with Crippen molar-refractivity contribution >= 4 is 11.6 Å². The van der Waals surface area contributed by atoms with E-state index in [2.05, 4.69) is 4.98 Å². The predicted octanol–water partition coefficient (Wildman–Crippen LogP) is 3.57. The summed E-state index contributed by atoms with van der Waals surface area (Å²) < 4.78 is 39.8. The summed E-state index contributed by atoms with van der Waals surface area (Å²) in [5.41, 5.74) is -3.10. The van der Waals surface area contributed by atoms with Gasteiger partial charge in [0.05, 0.1) is 0 Å². The van der Waals surface area contributed by atoms with Gasteiger partial charge in [-0.3, -0.25) is 0 Å². The number of pyridine rings is 1. The lowest BCUT2D eigenvalue weighted by atomic mass is 9.96. The van der Waals surface area contributed by atoms with Gasteiger partial charge in [0.1, 0.15) is 5.15 Å². The van der Waals surface area contributed by atoms with E-state index in [9.17, 15) is 13.2 Å². The van der Waals surface area contributed by atoms with Crippen LogP contribution in [0.3, 0.4) is 0 Å². The summed E-state index contributed by atoms with van der Waals surface area (Å²) in [6, 6.07) is 2.27. The first-order valence-electron chi connectivity index (χ1n) is 3.94. The van der Waals surface area contributed by atoms with E-state index in [1.807, 2.05) is 0 Å². The quantitative estimate of drug-likeness (QED) is 0.699. The molecule has 0 atom stereocenters. The molecule has 0 saturated heterocycles. The summed E-state index contributed by atoms with van der Waals surface area (Å²) in [7, 11) is 0. The van der Waals surface area contributed by atoms with Crippen molar-refractivity contribution < 1.29 is 13.2 Å². The van der Waals surface area contributed by atoms with Crippen molar-refractivity contribution in [3.63, 3.8) is 0 Å². The van der Waals surface area contributed by atoms with Gasteiger partial charge in [0, 0.05) is 11.8 Å². The van der Waals surface area contributed by atoms with E-state index in [1.165, 1.54) is 6.07 Å². The van der Waals surface area contributed by atoms with E-state index in [0.29, 0.717) is 0 Å². The molecule has 0 aliphatic carbocycles. The minimum Gasteiger partial charge on any atom is -0.244 e. The molecule has 5 heteroatoms. The Kier molecular flexibility index (Phi) is 2.76. The average Bonchev–Trinajstić information content (AvgIpc) is 2.03. The molecular formula is C9H9ClF3N. The van der Waals surface area contributed by atoms with Crippen molar-refractivity contribution in [1.82, 2.24) is 4.98 Å². The Morgan fingerprint density at radius 1 is 1.21 bits per heavy atom. The first-order valence-corrected chi connectivity index (χ1v) is 4.32. The van der Waals surface area contributed by atoms with E-state index in [4.69, 9.17) is 11.6 Å².